The van der Waals surface area contributed by atoms with Crippen molar-refractivity contribution in [2.24, 2.45) is 0 Å². The Bertz CT molecular complexity index is 452. The van der Waals surface area contributed by atoms with E-state index >= 15 is 0 Å². The monoisotopic (exact) mass is 204 g/mol. The number of aromatic nitrogens is 3. The lowest BCUT2D eigenvalue weighted by Gasteiger charge is -2.02. The molecule has 0 aromatic carbocycles. The van der Waals surface area contributed by atoms with Crippen LogP contribution in [0.3, 0.4) is 0 Å². The van der Waals surface area contributed by atoms with E-state index in [2.05, 4.69) is 20.4 Å². The van der Waals surface area contributed by atoms with Gasteiger partial charge in [0.15, 0.2) is 5.76 Å². The number of nitrogens with zero attached hydrogens (tertiary/aromatic N) is 3. The molecule has 1 N–H and O–H groups in total. The molecule has 2 rings (SSSR count). The molecular formula is C10H12N4O. The molecule has 0 bridgehead atoms. The molecule has 2 heterocycles. The summed E-state index contributed by atoms with van der Waals surface area (Å²) in [5.41, 5.74) is 1.81. The molecule has 0 radical (unpaired) electrons. The largest absolute Gasteiger partial charge is 0.363 e. The van der Waals surface area contributed by atoms with Crippen LogP contribution in [0.5, 0.6) is 0 Å². The van der Waals surface area contributed by atoms with Gasteiger partial charge in [-0.1, -0.05) is 5.16 Å². The molecule has 2 aromatic heterocycles. The second-order valence-electron chi connectivity index (χ2n) is 3.33. The fourth-order valence-electron chi connectivity index (χ4n) is 1.23. The fraction of sp³-hybridized carbons (Fsp3) is 0.300. The van der Waals surface area contributed by atoms with E-state index < -0.39 is 0 Å². The second-order valence-corrected chi connectivity index (χ2v) is 3.33. The zero-order chi connectivity index (χ0) is 10.7. The van der Waals surface area contributed by atoms with E-state index in [0.29, 0.717) is 6.54 Å². The molecule has 0 aliphatic carbocycles. The molecule has 78 valence electrons. The van der Waals surface area contributed by atoms with Crippen molar-refractivity contribution >= 4 is 5.82 Å². The molecule has 5 nitrogen and oxygen atoms in total. The van der Waals surface area contributed by atoms with Crippen molar-refractivity contribution < 1.29 is 4.52 Å². The van der Waals surface area contributed by atoms with E-state index in [9.17, 15) is 0 Å². The zero-order valence-corrected chi connectivity index (χ0v) is 8.69. The van der Waals surface area contributed by atoms with Crippen molar-refractivity contribution in [3.05, 3.63) is 35.6 Å². The molecular weight excluding hydrogens is 192 g/mol. The van der Waals surface area contributed by atoms with E-state index in [4.69, 9.17) is 4.52 Å². The summed E-state index contributed by atoms with van der Waals surface area (Å²) in [5.74, 6) is 1.58. The van der Waals surface area contributed by atoms with Crippen LogP contribution in [0.2, 0.25) is 0 Å². The molecule has 0 aliphatic rings. The van der Waals surface area contributed by atoms with Crippen LogP contribution in [0.4, 0.5) is 5.82 Å². The Morgan fingerprint density at radius 2 is 2.07 bits per heavy atom. The lowest BCUT2D eigenvalue weighted by atomic mass is 10.4. The minimum Gasteiger partial charge on any atom is -0.363 e. The SMILES string of the molecule is Cc1cc(NCc2cc(C)no2)ncn1. The van der Waals surface area contributed by atoms with Gasteiger partial charge in [0.25, 0.3) is 0 Å². The number of aryl methyl sites for hydroxylation is 2. The number of rotatable bonds is 3. The average Bonchev–Trinajstić information content (AvgIpc) is 2.62. The summed E-state index contributed by atoms with van der Waals surface area (Å²) in [4.78, 5) is 8.09. The summed E-state index contributed by atoms with van der Waals surface area (Å²) in [6, 6.07) is 3.77. The van der Waals surface area contributed by atoms with Crippen molar-refractivity contribution in [1.29, 1.82) is 0 Å². The maximum atomic E-state index is 5.06. The quantitative estimate of drug-likeness (QED) is 0.824. The fourth-order valence-corrected chi connectivity index (χ4v) is 1.23. The van der Waals surface area contributed by atoms with Crippen molar-refractivity contribution in [1.82, 2.24) is 15.1 Å². The van der Waals surface area contributed by atoms with Gasteiger partial charge in [-0.2, -0.15) is 0 Å². The van der Waals surface area contributed by atoms with Gasteiger partial charge in [-0.15, -0.1) is 0 Å². The summed E-state index contributed by atoms with van der Waals surface area (Å²) >= 11 is 0. The Balaban J connectivity index is 1.99. The highest BCUT2D eigenvalue weighted by Crippen LogP contribution is 2.07. The third-order valence-electron chi connectivity index (χ3n) is 1.92. The van der Waals surface area contributed by atoms with Gasteiger partial charge in [0.1, 0.15) is 12.1 Å². The van der Waals surface area contributed by atoms with Crippen molar-refractivity contribution in [2.75, 3.05) is 5.32 Å². The van der Waals surface area contributed by atoms with E-state index in [0.717, 1.165) is 23.0 Å². The van der Waals surface area contributed by atoms with Crippen molar-refractivity contribution in [3.8, 4) is 0 Å². The maximum Gasteiger partial charge on any atom is 0.156 e. The first-order valence-electron chi connectivity index (χ1n) is 4.69. The van der Waals surface area contributed by atoms with Crippen LogP contribution >= 0.6 is 0 Å². The van der Waals surface area contributed by atoms with E-state index in [1.54, 1.807) is 0 Å². The van der Waals surface area contributed by atoms with Crippen LogP contribution in [-0.4, -0.2) is 15.1 Å². The molecule has 0 unspecified atom stereocenters. The van der Waals surface area contributed by atoms with Crippen LogP contribution in [0, 0.1) is 13.8 Å². The van der Waals surface area contributed by atoms with Gasteiger partial charge >= 0.3 is 0 Å². The normalized spacial score (nSPS) is 10.3. The highest BCUT2D eigenvalue weighted by molar-refractivity contribution is 5.34. The predicted molar refractivity (Wildman–Crippen MR) is 55.3 cm³/mol. The molecule has 0 amide bonds. The Hall–Kier alpha value is -1.91. The smallest absolute Gasteiger partial charge is 0.156 e. The molecule has 0 atom stereocenters. The van der Waals surface area contributed by atoms with Crippen molar-refractivity contribution in [3.63, 3.8) is 0 Å². The van der Waals surface area contributed by atoms with Gasteiger partial charge in [-0.05, 0) is 13.8 Å². The van der Waals surface area contributed by atoms with Crippen molar-refractivity contribution in [2.45, 2.75) is 20.4 Å². The number of hydrogen-bond acceptors (Lipinski definition) is 5. The summed E-state index contributed by atoms with van der Waals surface area (Å²) in [5, 5.41) is 6.93. The second kappa shape index (κ2) is 4.08. The Labute approximate surface area is 87.5 Å². The lowest BCUT2D eigenvalue weighted by molar-refractivity contribution is 0.384. The van der Waals surface area contributed by atoms with E-state index in [-0.39, 0.29) is 0 Å². The van der Waals surface area contributed by atoms with E-state index in [1.807, 2.05) is 26.0 Å². The summed E-state index contributed by atoms with van der Waals surface area (Å²) in [6.07, 6.45) is 1.53. The third kappa shape index (κ3) is 2.52. The number of nitrogens with one attached hydrogen (secondary N) is 1. The molecule has 15 heavy (non-hydrogen) atoms. The van der Waals surface area contributed by atoms with Gasteiger partial charge in [0, 0.05) is 17.8 Å². The first-order chi connectivity index (χ1) is 7.24. The summed E-state index contributed by atoms with van der Waals surface area (Å²) in [6.45, 7) is 4.39. The van der Waals surface area contributed by atoms with Crippen LogP contribution in [0.15, 0.2) is 23.0 Å². The molecule has 0 fully saturated rings. The van der Waals surface area contributed by atoms with Gasteiger partial charge in [-0.25, -0.2) is 9.97 Å². The van der Waals surface area contributed by atoms with E-state index in [1.165, 1.54) is 6.33 Å². The molecule has 0 saturated carbocycles. The Kier molecular flexibility index (Phi) is 2.62. The molecule has 2 aromatic rings. The lowest BCUT2D eigenvalue weighted by Crippen LogP contribution is -2.01. The zero-order valence-electron chi connectivity index (χ0n) is 8.69. The Morgan fingerprint density at radius 1 is 1.20 bits per heavy atom. The minimum atomic E-state index is 0.581. The van der Waals surface area contributed by atoms with Crippen LogP contribution in [-0.2, 0) is 6.54 Å². The summed E-state index contributed by atoms with van der Waals surface area (Å²) < 4.78 is 5.06. The van der Waals surface area contributed by atoms with Gasteiger partial charge < -0.3 is 9.84 Å². The maximum absolute atomic E-state index is 5.06. The van der Waals surface area contributed by atoms with Crippen LogP contribution in [0.25, 0.3) is 0 Å². The topological polar surface area (TPSA) is 63.8 Å². The molecule has 0 spiro atoms. The third-order valence-corrected chi connectivity index (χ3v) is 1.92. The predicted octanol–water partition coefficient (Wildman–Crippen LogP) is 1.69. The van der Waals surface area contributed by atoms with Gasteiger partial charge in [-0.3, -0.25) is 0 Å². The highest BCUT2D eigenvalue weighted by atomic mass is 16.5. The standard InChI is InChI=1S/C10H12N4O/c1-7-4-10(13-6-12-7)11-5-9-3-8(2)14-15-9/h3-4,6H,5H2,1-2H3,(H,11,12,13). The Morgan fingerprint density at radius 3 is 2.73 bits per heavy atom. The molecule has 0 aliphatic heterocycles. The first kappa shape index (κ1) is 9.64. The number of anilines is 1. The van der Waals surface area contributed by atoms with Crippen LogP contribution < -0.4 is 5.32 Å². The molecule has 5 heteroatoms. The average molecular weight is 204 g/mol. The van der Waals surface area contributed by atoms with Gasteiger partial charge in [0.2, 0.25) is 0 Å². The molecule has 0 saturated heterocycles. The van der Waals surface area contributed by atoms with Crippen LogP contribution in [0.1, 0.15) is 17.1 Å². The highest BCUT2D eigenvalue weighted by Gasteiger charge is 2.00. The van der Waals surface area contributed by atoms with Gasteiger partial charge in [0.05, 0.1) is 12.2 Å². The number of hydrogen-bond donors (Lipinski definition) is 1. The first-order valence-corrected chi connectivity index (χ1v) is 4.69. The summed E-state index contributed by atoms with van der Waals surface area (Å²) in [7, 11) is 0. The minimum absolute atomic E-state index is 0.581.